The van der Waals surface area contributed by atoms with E-state index in [9.17, 15) is 4.79 Å². The second-order valence-electron chi connectivity index (χ2n) is 8.70. The summed E-state index contributed by atoms with van der Waals surface area (Å²) in [6.07, 6.45) is 1.14. The van der Waals surface area contributed by atoms with Gasteiger partial charge < -0.3 is 19.5 Å². The third-order valence-corrected chi connectivity index (χ3v) is 7.04. The SMILES string of the molecule is Cl.O=C(OCCOc1ccc(C2CCNCC2OCc2ccc3ccccc3c2)cc1)c1ccsc1. The monoisotopic (exact) mass is 523 g/mol. The summed E-state index contributed by atoms with van der Waals surface area (Å²) in [6, 6.07) is 24.9. The van der Waals surface area contributed by atoms with Crippen molar-refractivity contribution in [1.82, 2.24) is 5.32 Å². The number of fused-ring (bicyclic) bond motifs is 1. The first-order valence-electron chi connectivity index (χ1n) is 12.0. The maximum atomic E-state index is 11.9. The molecule has 4 aromatic rings. The molecule has 0 radical (unpaired) electrons. The van der Waals surface area contributed by atoms with E-state index in [-0.39, 0.29) is 31.1 Å². The van der Waals surface area contributed by atoms with E-state index in [1.807, 2.05) is 17.5 Å². The molecule has 0 spiro atoms. The lowest BCUT2D eigenvalue weighted by Gasteiger charge is -2.32. The Morgan fingerprint density at radius 3 is 2.61 bits per heavy atom. The zero-order valence-corrected chi connectivity index (χ0v) is 21.6. The predicted octanol–water partition coefficient (Wildman–Crippen LogP) is 6.22. The molecule has 3 aromatic carbocycles. The molecule has 7 heteroatoms. The van der Waals surface area contributed by atoms with Crippen molar-refractivity contribution in [2.45, 2.75) is 25.0 Å². The van der Waals surface area contributed by atoms with Gasteiger partial charge in [0, 0.05) is 17.8 Å². The van der Waals surface area contributed by atoms with Crippen molar-refractivity contribution in [2.24, 2.45) is 0 Å². The maximum absolute atomic E-state index is 11.9. The summed E-state index contributed by atoms with van der Waals surface area (Å²) < 4.78 is 17.4. The molecule has 1 aliphatic rings. The highest BCUT2D eigenvalue weighted by atomic mass is 35.5. The molecule has 2 heterocycles. The van der Waals surface area contributed by atoms with E-state index in [0.29, 0.717) is 24.7 Å². The van der Waals surface area contributed by atoms with Gasteiger partial charge in [-0.1, -0.05) is 48.5 Å². The summed E-state index contributed by atoms with van der Waals surface area (Å²) in [5.74, 6) is 0.783. The van der Waals surface area contributed by atoms with Crippen molar-refractivity contribution in [3.63, 3.8) is 0 Å². The molecule has 1 saturated heterocycles. The van der Waals surface area contributed by atoms with Gasteiger partial charge in [0.1, 0.15) is 19.0 Å². The summed E-state index contributed by atoms with van der Waals surface area (Å²) in [7, 11) is 0. The van der Waals surface area contributed by atoms with Crippen molar-refractivity contribution in [3.05, 3.63) is 100 Å². The van der Waals surface area contributed by atoms with E-state index in [0.717, 1.165) is 25.3 Å². The van der Waals surface area contributed by atoms with E-state index in [2.05, 4.69) is 59.9 Å². The summed E-state index contributed by atoms with van der Waals surface area (Å²) in [5.41, 5.74) is 3.03. The average Bonchev–Trinajstić information content (AvgIpc) is 3.46. The number of hydrogen-bond acceptors (Lipinski definition) is 6. The van der Waals surface area contributed by atoms with Gasteiger partial charge in [0.15, 0.2) is 0 Å². The van der Waals surface area contributed by atoms with Gasteiger partial charge in [-0.2, -0.15) is 11.3 Å². The quantitative estimate of drug-likeness (QED) is 0.208. The highest BCUT2D eigenvalue weighted by molar-refractivity contribution is 7.08. The molecular weight excluding hydrogens is 494 g/mol. The molecule has 2 atom stereocenters. The van der Waals surface area contributed by atoms with E-state index in [1.54, 1.807) is 11.4 Å². The lowest BCUT2D eigenvalue weighted by atomic mass is 9.87. The predicted molar refractivity (Wildman–Crippen MR) is 147 cm³/mol. The first-order chi connectivity index (χ1) is 17.3. The van der Waals surface area contributed by atoms with Crippen LogP contribution >= 0.6 is 23.7 Å². The first kappa shape index (κ1) is 26.2. The highest BCUT2D eigenvalue weighted by Crippen LogP contribution is 2.30. The van der Waals surface area contributed by atoms with Crippen LogP contribution in [0, 0.1) is 0 Å². The molecule has 0 amide bonds. The number of benzene rings is 3. The molecule has 5 nitrogen and oxygen atoms in total. The van der Waals surface area contributed by atoms with Crippen LogP contribution in [0.5, 0.6) is 5.75 Å². The average molecular weight is 524 g/mol. The molecular formula is C29H30ClNO4S. The van der Waals surface area contributed by atoms with Gasteiger partial charge in [-0.15, -0.1) is 12.4 Å². The van der Waals surface area contributed by atoms with E-state index < -0.39 is 0 Å². The maximum Gasteiger partial charge on any atom is 0.339 e. The minimum Gasteiger partial charge on any atom is -0.490 e. The Morgan fingerprint density at radius 2 is 1.81 bits per heavy atom. The number of carbonyl (C=O) groups is 1. The molecule has 1 aliphatic heterocycles. The van der Waals surface area contributed by atoms with E-state index in [4.69, 9.17) is 14.2 Å². The molecule has 5 rings (SSSR count). The normalized spacial score (nSPS) is 17.3. The third-order valence-electron chi connectivity index (χ3n) is 6.35. The molecule has 2 unspecified atom stereocenters. The zero-order chi connectivity index (χ0) is 23.9. The number of rotatable bonds is 9. The number of carbonyl (C=O) groups excluding carboxylic acids is 1. The molecule has 188 valence electrons. The fourth-order valence-corrected chi connectivity index (χ4v) is 5.11. The van der Waals surface area contributed by atoms with Crippen LogP contribution in [0.15, 0.2) is 83.6 Å². The summed E-state index contributed by atoms with van der Waals surface area (Å²) >= 11 is 1.47. The number of hydrogen-bond donors (Lipinski definition) is 1. The summed E-state index contributed by atoms with van der Waals surface area (Å²) in [5, 5.41) is 9.60. The minimum atomic E-state index is -0.314. The third kappa shape index (κ3) is 6.65. The molecule has 36 heavy (non-hydrogen) atoms. The van der Waals surface area contributed by atoms with Crippen molar-refractivity contribution in [3.8, 4) is 5.75 Å². The van der Waals surface area contributed by atoms with Crippen LogP contribution in [-0.4, -0.2) is 38.4 Å². The number of ether oxygens (including phenoxy) is 3. The molecule has 0 aliphatic carbocycles. The topological polar surface area (TPSA) is 56.8 Å². The molecule has 0 saturated carbocycles. The van der Waals surface area contributed by atoms with Crippen molar-refractivity contribution >= 4 is 40.5 Å². The lowest BCUT2D eigenvalue weighted by molar-refractivity contribution is 0.0106. The van der Waals surface area contributed by atoms with Crippen molar-refractivity contribution in [1.29, 1.82) is 0 Å². The Morgan fingerprint density at radius 1 is 0.972 bits per heavy atom. The van der Waals surface area contributed by atoms with E-state index in [1.165, 1.54) is 33.2 Å². The Labute approximate surface area is 221 Å². The largest absolute Gasteiger partial charge is 0.490 e. The fraction of sp³-hybridized carbons (Fsp3) is 0.276. The Kier molecular flexibility index (Phi) is 9.36. The van der Waals surface area contributed by atoms with Crippen molar-refractivity contribution < 1.29 is 19.0 Å². The van der Waals surface area contributed by atoms with Crippen molar-refractivity contribution in [2.75, 3.05) is 26.3 Å². The van der Waals surface area contributed by atoms with Gasteiger partial charge in [0.2, 0.25) is 0 Å². The number of nitrogens with one attached hydrogen (secondary N) is 1. The van der Waals surface area contributed by atoms with Gasteiger partial charge in [-0.3, -0.25) is 0 Å². The smallest absolute Gasteiger partial charge is 0.339 e. The van der Waals surface area contributed by atoms with Crippen LogP contribution in [0.2, 0.25) is 0 Å². The van der Waals surface area contributed by atoms with Crippen LogP contribution in [0.4, 0.5) is 0 Å². The number of piperidine rings is 1. The number of thiophene rings is 1. The van der Waals surface area contributed by atoms with Crippen LogP contribution in [0.25, 0.3) is 10.8 Å². The first-order valence-corrected chi connectivity index (χ1v) is 12.9. The zero-order valence-electron chi connectivity index (χ0n) is 19.9. The second kappa shape index (κ2) is 12.9. The van der Waals surface area contributed by atoms with Gasteiger partial charge in [-0.25, -0.2) is 4.79 Å². The second-order valence-corrected chi connectivity index (χ2v) is 9.48. The van der Waals surface area contributed by atoms with E-state index >= 15 is 0 Å². The van der Waals surface area contributed by atoms with Gasteiger partial charge in [0.25, 0.3) is 0 Å². The lowest BCUT2D eigenvalue weighted by Crippen LogP contribution is -2.40. The van der Waals surface area contributed by atoms with Crippen LogP contribution in [-0.2, 0) is 16.1 Å². The fourth-order valence-electron chi connectivity index (χ4n) is 4.49. The Bertz CT molecular complexity index is 1250. The Balaban J connectivity index is 0.00000304. The molecule has 1 aromatic heterocycles. The number of esters is 1. The highest BCUT2D eigenvalue weighted by Gasteiger charge is 2.27. The Hall–Kier alpha value is -2.90. The minimum absolute atomic E-state index is 0. The molecule has 0 bridgehead atoms. The summed E-state index contributed by atoms with van der Waals surface area (Å²) in [6.45, 7) is 2.95. The van der Waals surface area contributed by atoms with Crippen LogP contribution < -0.4 is 10.1 Å². The molecule has 1 fully saturated rings. The molecule has 1 N–H and O–H groups in total. The van der Waals surface area contributed by atoms with Crippen LogP contribution in [0.3, 0.4) is 0 Å². The van der Waals surface area contributed by atoms with Crippen LogP contribution in [0.1, 0.15) is 33.8 Å². The standard InChI is InChI=1S/C29H29NO4S.ClH/c31-29(25-12-16-35-20-25)33-15-14-32-26-9-7-23(8-10-26)27-11-13-30-18-28(27)34-19-21-5-6-22-3-1-2-4-24(22)17-21;/h1-10,12,16-17,20,27-28,30H,11,13-15,18-19H2;1H. The van der Waals surface area contributed by atoms with Gasteiger partial charge >= 0.3 is 5.97 Å². The van der Waals surface area contributed by atoms with Gasteiger partial charge in [0.05, 0.1) is 18.3 Å². The summed E-state index contributed by atoms with van der Waals surface area (Å²) in [4.78, 5) is 11.9. The number of halogens is 1. The van der Waals surface area contributed by atoms with Gasteiger partial charge in [-0.05, 0) is 64.5 Å².